The van der Waals surface area contributed by atoms with Gasteiger partial charge in [-0.05, 0) is 48.9 Å². The maximum atomic E-state index is 12.6. The van der Waals surface area contributed by atoms with Gasteiger partial charge in [0.2, 0.25) is 0 Å². The molecule has 1 amide bonds. The molecule has 3 rings (SSSR count). The first-order chi connectivity index (χ1) is 11.5. The number of anilines is 1. The van der Waals surface area contributed by atoms with Crippen LogP contribution < -0.4 is 14.4 Å². The molecule has 0 N–H and O–H groups in total. The molecule has 0 spiro atoms. The Balaban J connectivity index is 2.07. The predicted octanol–water partition coefficient (Wildman–Crippen LogP) is 4.37. The Morgan fingerprint density at radius 2 is 1.96 bits per heavy atom. The smallest absolute Gasteiger partial charge is 0.258 e. The fraction of sp³-hybridized carbons (Fsp3) is 0.211. The molecule has 0 radical (unpaired) electrons. The van der Waals surface area contributed by atoms with Crippen LogP contribution in [0.4, 0.5) is 5.69 Å². The minimum Gasteiger partial charge on any atom is -0.493 e. The van der Waals surface area contributed by atoms with Crippen LogP contribution in [0, 0.1) is 0 Å². The van der Waals surface area contributed by atoms with Gasteiger partial charge in [0.1, 0.15) is 0 Å². The molecular formula is C19H18BrNO3. The van der Waals surface area contributed by atoms with Crippen molar-refractivity contribution in [2.45, 2.75) is 6.92 Å². The summed E-state index contributed by atoms with van der Waals surface area (Å²) < 4.78 is 11.9. The summed E-state index contributed by atoms with van der Waals surface area (Å²) in [5, 5.41) is 0. The number of methoxy groups -OCH3 is 1. The lowest BCUT2D eigenvalue weighted by Crippen LogP contribution is -2.20. The molecule has 24 heavy (non-hydrogen) atoms. The van der Waals surface area contributed by atoms with Crippen molar-refractivity contribution < 1.29 is 14.3 Å². The summed E-state index contributed by atoms with van der Waals surface area (Å²) in [5.74, 6) is 1.33. The van der Waals surface area contributed by atoms with Crippen molar-refractivity contribution in [3.63, 3.8) is 0 Å². The number of rotatable bonds is 4. The molecule has 0 bridgehead atoms. The van der Waals surface area contributed by atoms with Crippen molar-refractivity contribution in [2.75, 3.05) is 25.7 Å². The highest BCUT2D eigenvalue weighted by Crippen LogP contribution is 2.39. The van der Waals surface area contributed by atoms with E-state index in [9.17, 15) is 4.79 Å². The third kappa shape index (κ3) is 2.91. The van der Waals surface area contributed by atoms with Crippen LogP contribution in [0.1, 0.15) is 18.1 Å². The topological polar surface area (TPSA) is 38.8 Å². The van der Waals surface area contributed by atoms with E-state index in [0.29, 0.717) is 23.7 Å². The van der Waals surface area contributed by atoms with Gasteiger partial charge in [0.15, 0.2) is 11.5 Å². The Morgan fingerprint density at radius 3 is 2.67 bits per heavy atom. The molecule has 0 fully saturated rings. The van der Waals surface area contributed by atoms with Gasteiger partial charge < -0.3 is 14.4 Å². The summed E-state index contributed by atoms with van der Waals surface area (Å²) >= 11 is 3.48. The molecule has 0 atom stereocenters. The predicted molar refractivity (Wildman–Crippen MR) is 99.6 cm³/mol. The van der Waals surface area contributed by atoms with Gasteiger partial charge in [-0.2, -0.15) is 0 Å². The summed E-state index contributed by atoms with van der Waals surface area (Å²) in [5.41, 5.74) is 3.39. The van der Waals surface area contributed by atoms with E-state index in [4.69, 9.17) is 9.47 Å². The Labute approximate surface area is 149 Å². The lowest BCUT2D eigenvalue weighted by atomic mass is 10.0. The van der Waals surface area contributed by atoms with Crippen LogP contribution in [0.15, 0.2) is 40.9 Å². The average molecular weight is 388 g/mol. The first kappa shape index (κ1) is 16.6. The zero-order valence-corrected chi connectivity index (χ0v) is 15.4. The quantitative estimate of drug-likeness (QED) is 0.730. The maximum Gasteiger partial charge on any atom is 0.258 e. The van der Waals surface area contributed by atoms with Crippen molar-refractivity contribution in [3.8, 4) is 11.5 Å². The van der Waals surface area contributed by atoms with Gasteiger partial charge in [0.25, 0.3) is 5.91 Å². The lowest BCUT2D eigenvalue weighted by Gasteiger charge is -2.10. The second kappa shape index (κ2) is 6.69. The number of ether oxygens (including phenoxy) is 2. The second-order valence-electron chi connectivity index (χ2n) is 5.43. The Morgan fingerprint density at radius 1 is 1.17 bits per heavy atom. The summed E-state index contributed by atoms with van der Waals surface area (Å²) in [6, 6.07) is 11.5. The Hall–Kier alpha value is -2.27. The number of nitrogens with zero attached hydrogens (tertiary/aromatic N) is 1. The molecule has 1 aliphatic heterocycles. The molecule has 0 saturated carbocycles. The molecule has 2 aromatic carbocycles. The molecule has 0 aromatic heterocycles. The summed E-state index contributed by atoms with van der Waals surface area (Å²) in [7, 11) is 3.40. The van der Waals surface area contributed by atoms with Crippen molar-refractivity contribution in [2.24, 2.45) is 0 Å². The third-order valence-electron chi connectivity index (χ3n) is 3.94. The van der Waals surface area contributed by atoms with Crippen molar-refractivity contribution in [1.29, 1.82) is 0 Å². The molecule has 0 saturated heterocycles. The van der Waals surface area contributed by atoms with Crippen LogP contribution in [-0.4, -0.2) is 26.7 Å². The van der Waals surface area contributed by atoms with E-state index in [1.165, 1.54) is 0 Å². The number of carbonyl (C=O) groups is 1. The number of carbonyl (C=O) groups excluding carboxylic acids is 1. The summed E-state index contributed by atoms with van der Waals surface area (Å²) in [6.07, 6.45) is 1.89. The molecule has 1 heterocycles. The van der Waals surface area contributed by atoms with E-state index in [0.717, 1.165) is 21.3 Å². The van der Waals surface area contributed by atoms with E-state index in [1.807, 2.05) is 49.4 Å². The first-order valence-corrected chi connectivity index (χ1v) is 8.45. The third-order valence-corrected chi connectivity index (χ3v) is 4.44. The fourth-order valence-corrected chi connectivity index (χ4v) is 3.14. The van der Waals surface area contributed by atoms with Crippen molar-refractivity contribution in [1.82, 2.24) is 0 Å². The number of hydrogen-bond donors (Lipinski definition) is 0. The Kier molecular flexibility index (Phi) is 4.62. The molecule has 5 heteroatoms. The van der Waals surface area contributed by atoms with Gasteiger partial charge in [0.05, 0.1) is 19.4 Å². The van der Waals surface area contributed by atoms with Gasteiger partial charge in [0, 0.05) is 22.7 Å². The molecule has 124 valence electrons. The van der Waals surface area contributed by atoms with E-state index in [-0.39, 0.29) is 5.91 Å². The highest BCUT2D eigenvalue weighted by Gasteiger charge is 2.29. The number of benzene rings is 2. The van der Waals surface area contributed by atoms with E-state index in [1.54, 1.807) is 19.1 Å². The molecule has 2 aromatic rings. The van der Waals surface area contributed by atoms with Crippen LogP contribution in [0.2, 0.25) is 0 Å². The summed E-state index contributed by atoms with van der Waals surface area (Å²) in [6.45, 7) is 2.47. The average Bonchev–Trinajstić information content (AvgIpc) is 2.80. The standard InChI is InChI=1S/C19H18BrNO3/c1-4-24-18-10-12(5-8-17(18)23-3)9-15-14-11-13(20)6-7-16(14)21(2)19(15)22/h5-11H,4H2,1-3H3/b15-9+. The lowest BCUT2D eigenvalue weighted by molar-refractivity contribution is -0.112. The fourth-order valence-electron chi connectivity index (χ4n) is 2.78. The molecule has 4 nitrogen and oxygen atoms in total. The monoisotopic (exact) mass is 387 g/mol. The van der Waals surface area contributed by atoms with E-state index in [2.05, 4.69) is 15.9 Å². The Bertz CT molecular complexity index is 829. The van der Waals surface area contributed by atoms with E-state index < -0.39 is 0 Å². The van der Waals surface area contributed by atoms with Crippen molar-refractivity contribution in [3.05, 3.63) is 52.0 Å². The second-order valence-corrected chi connectivity index (χ2v) is 6.34. The largest absolute Gasteiger partial charge is 0.493 e. The number of amides is 1. The molecule has 1 aliphatic rings. The number of likely N-dealkylation sites (N-methyl/N-ethyl adjacent to an activating group) is 1. The van der Waals surface area contributed by atoms with Crippen LogP contribution in [0.3, 0.4) is 0 Å². The molecule has 0 aliphatic carbocycles. The number of halogens is 1. The van der Waals surface area contributed by atoms with Crippen LogP contribution in [0.5, 0.6) is 11.5 Å². The van der Waals surface area contributed by atoms with Gasteiger partial charge in [-0.25, -0.2) is 0 Å². The SMILES string of the molecule is CCOc1cc(/C=C2/C(=O)N(C)c3ccc(Br)cc32)ccc1OC. The molecule has 0 unspecified atom stereocenters. The highest BCUT2D eigenvalue weighted by molar-refractivity contribution is 9.10. The summed E-state index contributed by atoms with van der Waals surface area (Å²) in [4.78, 5) is 14.3. The van der Waals surface area contributed by atoms with Gasteiger partial charge >= 0.3 is 0 Å². The zero-order chi connectivity index (χ0) is 17.3. The molecular weight excluding hydrogens is 370 g/mol. The van der Waals surface area contributed by atoms with Crippen LogP contribution >= 0.6 is 15.9 Å². The number of fused-ring (bicyclic) bond motifs is 1. The van der Waals surface area contributed by atoms with Gasteiger partial charge in [-0.15, -0.1) is 0 Å². The highest BCUT2D eigenvalue weighted by atomic mass is 79.9. The van der Waals surface area contributed by atoms with Gasteiger partial charge in [-0.1, -0.05) is 22.0 Å². The van der Waals surface area contributed by atoms with E-state index >= 15 is 0 Å². The van der Waals surface area contributed by atoms with Crippen LogP contribution in [-0.2, 0) is 4.79 Å². The maximum absolute atomic E-state index is 12.6. The minimum atomic E-state index is -0.0168. The minimum absolute atomic E-state index is 0.0168. The normalized spacial score (nSPS) is 14.9. The zero-order valence-electron chi connectivity index (χ0n) is 13.8. The van der Waals surface area contributed by atoms with Gasteiger partial charge in [-0.3, -0.25) is 4.79 Å². The number of hydrogen-bond acceptors (Lipinski definition) is 3. The first-order valence-electron chi connectivity index (χ1n) is 7.65. The van der Waals surface area contributed by atoms with Crippen molar-refractivity contribution >= 4 is 39.2 Å². The van der Waals surface area contributed by atoms with Crippen LogP contribution in [0.25, 0.3) is 11.6 Å².